The highest BCUT2D eigenvalue weighted by Crippen LogP contribution is 2.26. The van der Waals surface area contributed by atoms with Gasteiger partial charge in [-0.05, 0) is 6.92 Å². The summed E-state index contributed by atoms with van der Waals surface area (Å²) in [5, 5.41) is 9.29. The van der Waals surface area contributed by atoms with Crippen LogP contribution >= 0.6 is 9.47 Å². The van der Waals surface area contributed by atoms with E-state index in [-0.39, 0.29) is 6.10 Å². The van der Waals surface area contributed by atoms with Gasteiger partial charge in [0.1, 0.15) is 6.10 Å². The molecule has 0 radical (unpaired) electrons. The average molecular weight is 150 g/mol. The molecule has 0 bridgehead atoms. The van der Waals surface area contributed by atoms with Gasteiger partial charge in [-0.2, -0.15) is 0 Å². The van der Waals surface area contributed by atoms with Gasteiger partial charge in [-0.1, -0.05) is 0 Å². The Labute approximate surface area is 56.6 Å². The molecule has 9 heavy (non-hydrogen) atoms. The topological polar surface area (TPSA) is 38.7 Å². The number of aliphatic hydroxyl groups is 1. The van der Waals surface area contributed by atoms with Crippen LogP contribution in [0.4, 0.5) is 0 Å². The van der Waals surface area contributed by atoms with Crippen molar-refractivity contribution in [1.82, 2.24) is 0 Å². The molecule has 0 aromatic heterocycles. The quantitative estimate of drug-likeness (QED) is 0.546. The maximum absolute atomic E-state index is 9.29. The molecular formula is C5H11O3P. The maximum Gasteiger partial charge on any atom is 0.189 e. The van der Waals surface area contributed by atoms with E-state index >= 15 is 0 Å². The second-order valence-corrected chi connectivity index (χ2v) is 2.59. The molecule has 1 saturated heterocycles. The minimum absolute atomic E-state index is 0.192. The molecule has 1 aliphatic heterocycles. The van der Waals surface area contributed by atoms with Gasteiger partial charge in [-0.15, -0.1) is 0 Å². The van der Waals surface area contributed by atoms with Crippen molar-refractivity contribution in [2.45, 2.75) is 25.2 Å². The third-order valence-electron chi connectivity index (χ3n) is 1.54. The van der Waals surface area contributed by atoms with Gasteiger partial charge in [-0.25, -0.2) is 0 Å². The van der Waals surface area contributed by atoms with E-state index in [9.17, 15) is 5.11 Å². The molecule has 0 aromatic carbocycles. The Bertz CT molecular complexity index is 104. The summed E-state index contributed by atoms with van der Waals surface area (Å²) in [4.78, 5) is 0. The summed E-state index contributed by atoms with van der Waals surface area (Å²) in [7, 11) is 2.13. The molecule has 54 valence electrons. The molecule has 1 heterocycles. The van der Waals surface area contributed by atoms with E-state index in [1.54, 1.807) is 6.92 Å². The molecule has 1 fully saturated rings. The predicted octanol–water partition coefficient (Wildman–Crippen LogP) is 0.290. The zero-order chi connectivity index (χ0) is 6.91. The molecule has 0 aromatic rings. The van der Waals surface area contributed by atoms with E-state index < -0.39 is 5.79 Å². The first kappa shape index (κ1) is 7.42. The van der Waals surface area contributed by atoms with E-state index in [4.69, 9.17) is 9.26 Å². The van der Waals surface area contributed by atoms with Crippen LogP contribution in [-0.2, 0) is 9.26 Å². The van der Waals surface area contributed by atoms with Gasteiger partial charge in [0.15, 0.2) is 5.79 Å². The van der Waals surface area contributed by atoms with Gasteiger partial charge in [-0.3, -0.25) is 0 Å². The van der Waals surface area contributed by atoms with Gasteiger partial charge in [0, 0.05) is 15.9 Å². The molecule has 1 aliphatic rings. The van der Waals surface area contributed by atoms with Gasteiger partial charge < -0.3 is 14.4 Å². The second kappa shape index (κ2) is 2.51. The summed E-state index contributed by atoms with van der Waals surface area (Å²) < 4.78 is 9.83. The molecular weight excluding hydrogens is 139 g/mol. The lowest BCUT2D eigenvalue weighted by molar-refractivity contribution is -0.190. The molecule has 0 amide bonds. The zero-order valence-corrected chi connectivity index (χ0v) is 6.49. The van der Waals surface area contributed by atoms with Crippen LogP contribution in [0.5, 0.6) is 0 Å². The lowest BCUT2D eigenvalue weighted by atomic mass is 10.2. The van der Waals surface area contributed by atoms with Crippen LogP contribution in [0.3, 0.4) is 0 Å². The Morgan fingerprint density at radius 3 is 2.78 bits per heavy atom. The summed E-state index contributed by atoms with van der Waals surface area (Å²) in [5.41, 5.74) is 0. The Morgan fingerprint density at radius 1 is 1.89 bits per heavy atom. The van der Waals surface area contributed by atoms with E-state index in [0.29, 0.717) is 6.61 Å². The van der Waals surface area contributed by atoms with Gasteiger partial charge in [0.25, 0.3) is 0 Å². The average Bonchev–Trinajstić information content (AvgIpc) is 2.08. The Hall–Kier alpha value is 0.310. The van der Waals surface area contributed by atoms with Crippen LogP contribution in [0.2, 0.25) is 0 Å². The third kappa shape index (κ3) is 1.41. The van der Waals surface area contributed by atoms with Gasteiger partial charge in [0.05, 0.1) is 6.61 Å². The van der Waals surface area contributed by atoms with E-state index in [1.165, 1.54) is 0 Å². The van der Waals surface area contributed by atoms with E-state index in [0.717, 1.165) is 6.42 Å². The fraction of sp³-hybridized carbons (Fsp3) is 1.00. The van der Waals surface area contributed by atoms with Crippen LogP contribution < -0.4 is 0 Å². The smallest absolute Gasteiger partial charge is 0.189 e. The normalized spacial score (nSPS) is 43.7. The van der Waals surface area contributed by atoms with Gasteiger partial charge in [0.2, 0.25) is 0 Å². The van der Waals surface area contributed by atoms with Crippen molar-refractivity contribution in [3.8, 4) is 0 Å². The summed E-state index contributed by atoms with van der Waals surface area (Å²) in [5.74, 6) is -1.08. The highest BCUT2D eigenvalue weighted by Gasteiger charge is 2.38. The predicted molar refractivity (Wildman–Crippen MR) is 35.8 cm³/mol. The van der Waals surface area contributed by atoms with Crippen LogP contribution in [0.25, 0.3) is 0 Å². The van der Waals surface area contributed by atoms with E-state index in [1.807, 2.05) is 0 Å². The first-order valence-corrected chi connectivity index (χ1v) is 3.36. The number of hydrogen-bond acceptors (Lipinski definition) is 3. The van der Waals surface area contributed by atoms with E-state index in [2.05, 4.69) is 9.47 Å². The fourth-order valence-electron chi connectivity index (χ4n) is 0.928. The maximum atomic E-state index is 9.29. The van der Waals surface area contributed by atoms with Crippen LogP contribution in [0, 0.1) is 0 Å². The van der Waals surface area contributed by atoms with Crippen LogP contribution in [0.1, 0.15) is 13.3 Å². The summed E-state index contributed by atoms with van der Waals surface area (Å²) in [6.07, 6.45) is 0.568. The molecule has 3 nitrogen and oxygen atoms in total. The van der Waals surface area contributed by atoms with Crippen molar-refractivity contribution in [2.75, 3.05) is 6.61 Å². The molecule has 0 aliphatic carbocycles. The standard InChI is InChI=1S/C5H11O3P/c1-5(6)4(8-9)2-3-7-5/h4,6H,2-3,9H2,1H3/t4-,5?/m0/s1. The molecule has 0 spiro atoms. The summed E-state index contributed by atoms with van der Waals surface area (Å²) >= 11 is 0. The van der Waals surface area contributed by atoms with Gasteiger partial charge >= 0.3 is 0 Å². The Morgan fingerprint density at radius 2 is 2.56 bits per heavy atom. The first-order valence-electron chi connectivity index (χ1n) is 2.88. The van der Waals surface area contributed by atoms with Crippen molar-refractivity contribution in [3.05, 3.63) is 0 Å². The molecule has 1 N–H and O–H groups in total. The third-order valence-corrected chi connectivity index (χ3v) is 1.86. The van der Waals surface area contributed by atoms with Crippen molar-refractivity contribution in [3.63, 3.8) is 0 Å². The monoisotopic (exact) mass is 150 g/mol. The van der Waals surface area contributed by atoms with Crippen molar-refractivity contribution >= 4 is 9.47 Å². The van der Waals surface area contributed by atoms with Crippen LogP contribution in [-0.4, -0.2) is 23.6 Å². The fourth-order valence-corrected chi connectivity index (χ4v) is 1.32. The number of hydrogen-bond donors (Lipinski definition) is 1. The molecule has 1 rings (SSSR count). The molecule has 3 atom stereocenters. The minimum Gasteiger partial charge on any atom is -0.364 e. The highest BCUT2D eigenvalue weighted by molar-refractivity contribution is 7.09. The second-order valence-electron chi connectivity index (χ2n) is 2.32. The minimum atomic E-state index is -1.08. The zero-order valence-electron chi connectivity index (χ0n) is 5.33. The first-order chi connectivity index (χ1) is 4.17. The van der Waals surface area contributed by atoms with Crippen LogP contribution in [0.15, 0.2) is 0 Å². The molecule has 0 saturated carbocycles. The Kier molecular flexibility index (Phi) is 2.07. The van der Waals surface area contributed by atoms with Crippen molar-refractivity contribution < 1.29 is 14.4 Å². The summed E-state index contributed by atoms with van der Waals surface area (Å²) in [6.45, 7) is 2.18. The lowest BCUT2D eigenvalue weighted by Gasteiger charge is -2.21. The van der Waals surface area contributed by atoms with Crippen molar-refractivity contribution in [2.24, 2.45) is 0 Å². The number of rotatable bonds is 1. The van der Waals surface area contributed by atoms with Crippen molar-refractivity contribution in [1.29, 1.82) is 0 Å². The largest absolute Gasteiger partial charge is 0.364 e. The molecule has 2 unspecified atom stereocenters. The Balaban J connectivity index is 2.52. The summed E-state index contributed by atoms with van der Waals surface area (Å²) in [6, 6.07) is 0. The number of ether oxygens (including phenoxy) is 1. The highest BCUT2D eigenvalue weighted by atomic mass is 31.0. The lowest BCUT2D eigenvalue weighted by Crippen LogP contribution is -2.35. The molecule has 4 heteroatoms. The SMILES string of the molecule is CC1(O)OCC[C@@H]1OP.